The number of hydrogen-bond acceptors (Lipinski definition) is 6. The Morgan fingerprint density at radius 2 is 1.87 bits per heavy atom. The highest BCUT2D eigenvalue weighted by molar-refractivity contribution is 7.89. The maximum absolute atomic E-state index is 13.2. The lowest BCUT2D eigenvalue weighted by atomic mass is 10.2. The maximum Gasteiger partial charge on any atom is 0.286 e. The highest BCUT2D eigenvalue weighted by Gasteiger charge is 2.38. The van der Waals surface area contributed by atoms with Gasteiger partial charge in [0.25, 0.3) is 5.91 Å². The molecule has 0 bridgehead atoms. The first kappa shape index (κ1) is 21.9. The molecule has 7 nitrogen and oxygen atoms in total. The molecule has 3 aromatic rings. The molecule has 0 spiro atoms. The molecule has 4 rings (SSSR count). The van der Waals surface area contributed by atoms with E-state index in [1.165, 1.54) is 4.31 Å². The van der Waals surface area contributed by atoms with Gasteiger partial charge < -0.3 is 5.32 Å². The largest absolute Gasteiger partial charge is 0.320 e. The van der Waals surface area contributed by atoms with Crippen LogP contribution < -0.4 is 5.32 Å². The van der Waals surface area contributed by atoms with Crippen LogP contribution in [0.1, 0.15) is 46.2 Å². The van der Waals surface area contributed by atoms with E-state index in [4.69, 9.17) is 11.6 Å². The van der Waals surface area contributed by atoms with Gasteiger partial charge in [-0.25, -0.2) is 8.42 Å². The third-order valence-corrected chi connectivity index (χ3v) is 8.36. The van der Waals surface area contributed by atoms with Crippen molar-refractivity contribution in [2.45, 2.75) is 37.1 Å². The molecule has 31 heavy (non-hydrogen) atoms. The number of benzene rings is 2. The summed E-state index contributed by atoms with van der Waals surface area (Å²) in [6.07, 6.45) is 2.21. The molecule has 1 amide bonds. The van der Waals surface area contributed by atoms with Gasteiger partial charge in [-0.15, -0.1) is 10.2 Å². The molecule has 1 aromatic heterocycles. The number of rotatable bonds is 6. The fourth-order valence-corrected chi connectivity index (χ4v) is 6.23. The van der Waals surface area contributed by atoms with Crippen LogP contribution >= 0.6 is 22.9 Å². The van der Waals surface area contributed by atoms with Crippen molar-refractivity contribution in [1.82, 2.24) is 14.5 Å². The Kier molecular flexibility index (Phi) is 6.38. The predicted octanol–water partition coefficient (Wildman–Crippen LogP) is 4.53. The van der Waals surface area contributed by atoms with Gasteiger partial charge in [0.2, 0.25) is 15.0 Å². The first-order valence-electron chi connectivity index (χ1n) is 9.89. The molecular formula is C21H21ClN4O3S2. The molecule has 1 aliphatic rings. The molecule has 1 saturated heterocycles. The summed E-state index contributed by atoms with van der Waals surface area (Å²) in [6, 6.07) is 13.3. The lowest BCUT2D eigenvalue weighted by Gasteiger charge is -2.22. The molecule has 1 unspecified atom stereocenters. The van der Waals surface area contributed by atoms with E-state index >= 15 is 0 Å². The third kappa shape index (κ3) is 4.64. The van der Waals surface area contributed by atoms with E-state index in [0.29, 0.717) is 28.7 Å². The normalized spacial score (nSPS) is 17.0. The van der Waals surface area contributed by atoms with Gasteiger partial charge in [0.15, 0.2) is 0 Å². The zero-order chi connectivity index (χ0) is 22.0. The van der Waals surface area contributed by atoms with Crippen LogP contribution in [-0.4, -0.2) is 35.4 Å². The Bertz CT molecular complexity index is 1180. The predicted molar refractivity (Wildman–Crippen MR) is 121 cm³/mol. The number of aromatic nitrogens is 2. The van der Waals surface area contributed by atoms with E-state index in [1.807, 2.05) is 19.1 Å². The number of halogens is 1. The summed E-state index contributed by atoms with van der Waals surface area (Å²) in [5.74, 6) is -0.395. The average molecular weight is 477 g/mol. The summed E-state index contributed by atoms with van der Waals surface area (Å²) in [5, 5.41) is 12.2. The highest BCUT2D eigenvalue weighted by Crippen LogP contribution is 2.37. The summed E-state index contributed by atoms with van der Waals surface area (Å²) < 4.78 is 27.9. The van der Waals surface area contributed by atoms with Crippen molar-refractivity contribution in [2.75, 3.05) is 11.9 Å². The van der Waals surface area contributed by atoms with Crippen molar-refractivity contribution in [3.63, 3.8) is 0 Å². The molecule has 1 fully saturated rings. The second kappa shape index (κ2) is 9.04. The van der Waals surface area contributed by atoms with Crippen molar-refractivity contribution >= 4 is 44.6 Å². The lowest BCUT2D eigenvalue weighted by molar-refractivity contribution is 0.102. The van der Waals surface area contributed by atoms with Crippen molar-refractivity contribution < 1.29 is 13.2 Å². The van der Waals surface area contributed by atoms with Gasteiger partial charge in [-0.3, -0.25) is 4.79 Å². The Labute approximate surface area is 190 Å². The molecule has 2 heterocycles. The molecule has 2 aromatic carbocycles. The number of aryl methyl sites for hydroxylation is 1. The van der Waals surface area contributed by atoms with Crippen molar-refractivity contribution in [2.24, 2.45) is 0 Å². The number of amides is 1. The van der Waals surface area contributed by atoms with Crippen LogP contribution in [0.25, 0.3) is 0 Å². The minimum absolute atomic E-state index is 0.182. The third-order valence-electron chi connectivity index (χ3n) is 5.16. The Morgan fingerprint density at radius 1 is 1.16 bits per heavy atom. The summed E-state index contributed by atoms with van der Waals surface area (Å²) in [6.45, 7) is 2.44. The number of nitrogens with zero attached hydrogens (tertiary/aromatic N) is 3. The number of carbonyl (C=O) groups excluding carboxylic acids is 1. The van der Waals surface area contributed by atoms with Gasteiger partial charge >= 0.3 is 0 Å². The van der Waals surface area contributed by atoms with Gasteiger partial charge in [0, 0.05) is 17.3 Å². The SMILES string of the molecule is CCc1ccc(S(=O)(=O)N2CCCC2c2nnc(C(=O)Nc3ccc(Cl)cc3)s2)cc1. The topological polar surface area (TPSA) is 92.3 Å². The summed E-state index contributed by atoms with van der Waals surface area (Å²) in [5.41, 5.74) is 1.67. The van der Waals surface area contributed by atoms with Crippen LogP contribution in [0.5, 0.6) is 0 Å². The maximum atomic E-state index is 13.2. The molecule has 0 saturated carbocycles. The van der Waals surface area contributed by atoms with Crippen molar-refractivity contribution in [3.05, 3.63) is 69.1 Å². The second-order valence-corrected chi connectivity index (χ2v) is 10.5. The van der Waals surface area contributed by atoms with Crippen LogP contribution in [0.3, 0.4) is 0 Å². The standard InChI is InChI=1S/C21H21ClN4O3S2/c1-2-14-5-11-17(12-6-14)31(28,29)26-13-3-4-18(26)20-24-25-21(30-20)19(27)23-16-9-7-15(22)8-10-16/h5-12,18H,2-4,13H2,1H3,(H,23,27). The smallest absolute Gasteiger partial charge is 0.286 e. The van der Waals surface area contributed by atoms with Gasteiger partial charge in [-0.05, 0) is 61.2 Å². The number of anilines is 1. The van der Waals surface area contributed by atoms with Crippen LogP contribution in [0.4, 0.5) is 5.69 Å². The summed E-state index contributed by atoms with van der Waals surface area (Å²) in [4.78, 5) is 12.8. The zero-order valence-electron chi connectivity index (χ0n) is 16.8. The van der Waals surface area contributed by atoms with E-state index in [0.717, 1.165) is 29.7 Å². The fourth-order valence-electron chi connectivity index (χ4n) is 3.49. The quantitative estimate of drug-likeness (QED) is 0.564. The summed E-state index contributed by atoms with van der Waals surface area (Å²) in [7, 11) is -3.67. The first-order valence-corrected chi connectivity index (χ1v) is 12.5. The van der Waals surface area contributed by atoms with Gasteiger partial charge in [0.1, 0.15) is 5.01 Å². The molecule has 10 heteroatoms. The molecular weight excluding hydrogens is 456 g/mol. The van der Waals surface area contributed by atoms with Gasteiger partial charge in [0.05, 0.1) is 10.9 Å². The number of sulfonamides is 1. The Hall–Kier alpha value is -2.33. The highest BCUT2D eigenvalue weighted by atomic mass is 35.5. The molecule has 0 aliphatic carbocycles. The van der Waals surface area contributed by atoms with E-state index in [1.54, 1.807) is 36.4 Å². The van der Waals surface area contributed by atoms with Gasteiger partial charge in [-0.1, -0.05) is 42.0 Å². The number of hydrogen-bond donors (Lipinski definition) is 1. The van der Waals surface area contributed by atoms with E-state index in [9.17, 15) is 13.2 Å². The summed E-state index contributed by atoms with van der Waals surface area (Å²) >= 11 is 6.98. The molecule has 162 valence electrons. The first-order chi connectivity index (χ1) is 14.9. The minimum Gasteiger partial charge on any atom is -0.320 e. The van der Waals surface area contributed by atoms with E-state index < -0.39 is 22.0 Å². The van der Waals surface area contributed by atoms with Gasteiger partial charge in [-0.2, -0.15) is 4.31 Å². The number of nitrogens with one attached hydrogen (secondary N) is 1. The van der Waals surface area contributed by atoms with Crippen molar-refractivity contribution in [1.29, 1.82) is 0 Å². The average Bonchev–Trinajstić information content (AvgIpc) is 3.45. The zero-order valence-corrected chi connectivity index (χ0v) is 19.2. The van der Waals surface area contributed by atoms with Crippen LogP contribution in [0.15, 0.2) is 53.4 Å². The molecule has 1 N–H and O–H groups in total. The van der Waals surface area contributed by atoms with Crippen molar-refractivity contribution in [3.8, 4) is 0 Å². The lowest BCUT2D eigenvalue weighted by Crippen LogP contribution is -2.30. The van der Waals surface area contributed by atoms with Crippen LogP contribution in [0, 0.1) is 0 Å². The van der Waals surface area contributed by atoms with Crippen LogP contribution in [-0.2, 0) is 16.4 Å². The molecule has 1 aliphatic heterocycles. The number of carbonyl (C=O) groups is 1. The molecule has 0 radical (unpaired) electrons. The van der Waals surface area contributed by atoms with Crippen LogP contribution in [0.2, 0.25) is 5.02 Å². The fraction of sp³-hybridized carbons (Fsp3) is 0.286. The molecule has 1 atom stereocenters. The Morgan fingerprint density at radius 3 is 2.55 bits per heavy atom. The van der Waals surface area contributed by atoms with E-state index in [-0.39, 0.29) is 9.90 Å². The van der Waals surface area contributed by atoms with E-state index in [2.05, 4.69) is 15.5 Å². The second-order valence-electron chi connectivity index (χ2n) is 7.18. The minimum atomic E-state index is -3.67. The Balaban J connectivity index is 1.53. The monoisotopic (exact) mass is 476 g/mol.